The predicted octanol–water partition coefficient (Wildman–Crippen LogP) is 3.29. The fraction of sp³-hybridized carbons (Fsp3) is 0. The fourth-order valence-corrected chi connectivity index (χ4v) is 2.24. The summed E-state index contributed by atoms with van der Waals surface area (Å²) >= 11 is 0. The van der Waals surface area contributed by atoms with Crippen molar-refractivity contribution in [2.24, 2.45) is 0 Å². The molecule has 0 aliphatic carbocycles. The molecule has 0 saturated heterocycles. The molecule has 2 aromatic carbocycles. The van der Waals surface area contributed by atoms with Crippen LogP contribution < -0.4 is 16.2 Å². The SMILES string of the molecule is O=C(NNc1ncccc1[N+](=O)[O-])Nc1cccc2ccccc12. The second kappa shape index (κ2) is 6.61. The van der Waals surface area contributed by atoms with Gasteiger partial charge in [-0.15, -0.1) is 0 Å². The van der Waals surface area contributed by atoms with Crippen LogP contribution in [0.15, 0.2) is 60.8 Å². The maximum atomic E-state index is 12.0. The van der Waals surface area contributed by atoms with E-state index in [9.17, 15) is 14.9 Å². The van der Waals surface area contributed by atoms with Gasteiger partial charge in [-0.05, 0) is 17.5 Å². The van der Waals surface area contributed by atoms with Crippen molar-refractivity contribution < 1.29 is 9.72 Å². The lowest BCUT2D eigenvalue weighted by Gasteiger charge is -2.11. The summed E-state index contributed by atoms with van der Waals surface area (Å²) in [6.07, 6.45) is 1.39. The molecular weight excluding hydrogens is 310 g/mol. The van der Waals surface area contributed by atoms with Gasteiger partial charge in [0, 0.05) is 17.6 Å². The number of hydrazine groups is 1. The monoisotopic (exact) mass is 323 g/mol. The van der Waals surface area contributed by atoms with E-state index >= 15 is 0 Å². The summed E-state index contributed by atoms with van der Waals surface area (Å²) in [4.78, 5) is 26.2. The fourth-order valence-electron chi connectivity index (χ4n) is 2.24. The van der Waals surface area contributed by atoms with E-state index in [0.717, 1.165) is 10.8 Å². The van der Waals surface area contributed by atoms with Gasteiger partial charge >= 0.3 is 11.7 Å². The van der Waals surface area contributed by atoms with Gasteiger partial charge in [0.15, 0.2) is 0 Å². The first-order chi connectivity index (χ1) is 11.6. The third kappa shape index (κ3) is 3.22. The van der Waals surface area contributed by atoms with Gasteiger partial charge in [0.25, 0.3) is 0 Å². The highest BCUT2D eigenvalue weighted by Crippen LogP contribution is 2.23. The van der Waals surface area contributed by atoms with Crippen LogP contribution in [-0.4, -0.2) is 15.9 Å². The second-order valence-corrected chi connectivity index (χ2v) is 4.86. The minimum atomic E-state index is -0.584. The number of nitrogens with one attached hydrogen (secondary N) is 3. The van der Waals surface area contributed by atoms with Crippen molar-refractivity contribution in [2.45, 2.75) is 0 Å². The number of rotatable bonds is 4. The summed E-state index contributed by atoms with van der Waals surface area (Å²) < 4.78 is 0. The van der Waals surface area contributed by atoms with E-state index in [1.165, 1.54) is 18.3 Å². The van der Waals surface area contributed by atoms with Gasteiger partial charge in [0.1, 0.15) is 0 Å². The molecule has 8 nitrogen and oxygen atoms in total. The Morgan fingerprint density at radius 2 is 1.83 bits per heavy atom. The molecule has 3 aromatic rings. The predicted molar refractivity (Wildman–Crippen MR) is 90.6 cm³/mol. The average Bonchev–Trinajstić information content (AvgIpc) is 2.60. The summed E-state index contributed by atoms with van der Waals surface area (Å²) in [5, 5.41) is 15.5. The van der Waals surface area contributed by atoms with E-state index in [1.807, 2.05) is 36.4 Å². The molecule has 0 unspecified atom stereocenters. The van der Waals surface area contributed by atoms with Crippen LogP contribution in [0.1, 0.15) is 0 Å². The number of pyridine rings is 1. The highest BCUT2D eigenvalue weighted by atomic mass is 16.6. The molecule has 0 aliphatic heterocycles. The lowest BCUT2D eigenvalue weighted by molar-refractivity contribution is -0.384. The first-order valence-electron chi connectivity index (χ1n) is 7.05. The third-order valence-corrected chi connectivity index (χ3v) is 3.32. The van der Waals surface area contributed by atoms with Gasteiger partial charge in [-0.2, -0.15) is 0 Å². The Balaban J connectivity index is 1.71. The number of hydrogen-bond acceptors (Lipinski definition) is 5. The summed E-state index contributed by atoms with van der Waals surface area (Å²) in [5.41, 5.74) is 5.18. The molecular formula is C16H13N5O3. The third-order valence-electron chi connectivity index (χ3n) is 3.32. The van der Waals surface area contributed by atoms with Crippen LogP contribution >= 0.6 is 0 Å². The number of carbonyl (C=O) groups excluding carboxylic acids is 1. The molecule has 0 bridgehead atoms. The highest BCUT2D eigenvalue weighted by molar-refractivity contribution is 6.01. The lowest BCUT2D eigenvalue weighted by Crippen LogP contribution is -2.34. The Morgan fingerprint density at radius 3 is 2.67 bits per heavy atom. The molecule has 0 spiro atoms. The molecule has 24 heavy (non-hydrogen) atoms. The molecule has 3 rings (SSSR count). The molecule has 2 amide bonds. The highest BCUT2D eigenvalue weighted by Gasteiger charge is 2.14. The van der Waals surface area contributed by atoms with Crippen molar-refractivity contribution in [1.82, 2.24) is 10.4 Å². The van der Waals surface area contributed by atoms with Crippen molar-refractivity contribution in [3.8, 4) is 0 Å². The number of urea groups is 1. The number of amides is 2. The normalized spacial score (nSPS) is 10.2. The van der Waals surface area contributed by atoms with Crippen LogP contribution in [-0.2, 0) is 0 Å². The molecule has 0 aliphatic rings. The van der Waals surface area contributed by atoms with Crippen molar-refractivity contribution >= 4 is 34.0 Å². The largest absolute Gasteiger partial charge is 0.337 e. The number of nitro groups is 1. The lowest BCUT2D eigenvalue weighted by atomic mass is 10.1. The zero-order chi connectivity index (χ0) is 16.9. The van der Waals surface area contributed by atoms with Gasteiger partial charge in [-0.25, -0.2) is 15.2 Å². The van der Waals surface area contributed by atoms with Crippen LogP contribution in [0.4, 0.5) is 22.0 Å². The molecule has 1 heterocycles. The first kappa shape index (κ1) is 15.2. The topological polar surface area (TPSA) is 109 Å². The van der Waals surface area contributed by atoms with Gasteiger partial charge < -0.3 is 5.32 Å². The molecule has 120 valence electrons. The van der Waals surface area contributed by atoms with Gasteiger partial charge in [-0.1, -0.05) is 36.4 Å². The van der Waals surface area contributed by atoms with E-state index in [1.54, 1.807) is 6.07 Å². The zero-order valence-corrected chi connectivity index (χ0v) is 12.4. The van der Waals surface area contributed by atoms with E-state index in [0.29, 0.717) is 5.69 Å². The van der Waals surface area contributed by atoms with Crippen molar-refractivity contribution in [1.29, 1.82) is 0 Å². The molecule has 3 N–H and O–H groups in total. The number of aromatic nitrogens is 1. The van der Waals surface area contributed by atoms with Crippen LogP contribution in [0, 0.1) is 10.1 Å². The Labute approximate surface area is 136 Å². The van der Waals surface area contributed by atoms with E-state index < -0.39 is 11.0 Å². The van der Waals surface area contributed by atoms with Crippen molar-refractivity contribution in [3.63, 3.8) is 0 Å². The van der Waals surface area contributed by atoms with Crippen LogP contribution in [0.3, 0.4) is 0 Å². The first-order valence-corrected chi connectivity index (χ1v) is 7.05. The minimum absolute atomic E-state index is 0.0458. The maximum absolute atomic E-state index is 12.0. The number of carbonyl (C=O) groups is 1. The van der Waals surface area contributed by atoms with Gasteiger partial charge in [0.2, 0.25) is 5.82 Å². The maximum Gasteiger partial charge on any atom is 0.337 e. The van der Waals surface area contributed by atoms with Crippen molar-refractivity contribution in [2.75, 3.05) is 10.7 Å². The molecule has 8 heteroatoms. The van der Waals surface area contributed by atoms with Crippen LogP contribution in [0.5, 0.6) is 0 Å². The molecule has 0 saturated carbocycles. The van der Waals surface area contributed by atoms with E-state index in [-0.39, 0.29) is 11.5 Å². The molecule has 1 aromatic heterocycles. The number of benzene rings is 2. The summed E-state index contributed by atoms with van der Waals surface area (Å²) in [6.45, 7) is 0. The van der Waals surface area contributed by atoms with Gasteiger partial charge in [-0.3, -0.25) is 15.5 Å². The minimum Gasteiger partial charge on any atom is -0.306 e. The molecule has 0 radical (unpaired) electrons. The Kier molecular flexibility index (Phi) is 4.19. The van der Waals surface area contributed by atoms with Crippen LogP contribution in [0.25, 0.3) is 10.8 Å². The molecule has 0 fully saturated rings. The Hall–Kier alpha value is -3.68. The number of anilines is 2. The summed E-state index contributed by atoms with van der Waals surface area (Å²) in [5.74, 6) is -0.0458. The quantitative estimate of drug-likeness (QED) is 0.504. The Morgan fingerprint density at radius 1 is 1.04 bits per heavy atom. The number of fused-ring (bicyclic) bond motifs is 1. The smallest absolute Gasteiger partial charge is 0.306 e. The Bertz CT molecular complexity index is 908. The van der Waals surface area contributed by atoms with E-state index in [4.69, 9.17) is 0 Å². The molecule has 0 atom stereocenters. The van der Waals surface area contributed by atoms with Crippen molar-refractivity contribution in [3.05, 3.63) is 70.9 Å². The van der Waals surface area contributed by atoms with Gasteiger partial charge in [0.05, 0.1) is 10.6 Å². The average molecular weight is 323 g/mol. The summed E-state index contributed by atoms with van der Waals surface area (Å²) in [6, 6.07) is 15.3. The second-order valence-electron chi connectivity index (χ2n) is 4.86. The van der Waals surface area contributed by atoms with Crippen LogP contribution in [0.2, 0.25) is 0 Å². The number of hydrogen-bond donors (Lipinski definition) is 3. The number of nitrogens with zero attached hydrogens (tertiary/aromatic N) is 2. The standard InChI is InChI=1S/C16H13N5O3/c22-16(20-19-15-14(21(23)24)9-4-10-17-15)18-13-8-3-6-11-5-1-2-7-12(11)13/h1-10H,(H,17,19)(H2,18,20,22). The summed E-state index contributed by atoms with van der Waals surface area (Å²) in [7, 11) is 0. The zero-order valence-electron chi connectivity index (χ0n) is 12.4. The van der Waals surface area contributed by atoms with E-state index in [2.05, 4.69) is 21.2 Å².